The maximum absolute atomic E-state index is 6.61. The first-order valence-corrected chi connectivity index (χ1v) is 28.2. The molecule has 2 aliphatic rings. The predicted molar refractivity (Wildman–Crippen MR) is 333 cm³/mol. The van der Waals surface area contributed by atoms with Crippen LogP contribution in [0.4, 0.5) is 0 Å². The average molecular weight is 1010 g/mol. The molecule has 0 spiro atoms. The first-order chi connectivity index (χ1) is 38.2. The molecule has 2 aliphatic carbocycles. The van der Waals surface area contributed by atoms with Crippen molar-refractivity contribution in [2.24, 2.45) is 0 Å². The van der Waals surface area contributed by atoms with Crippen molar-refractivity contribution in [3.63, 3.8) is 0 Å². The summed E-state index contributed by atoms with van der Waals surface area (Å²) in [4.78, 5) is 0. The highest BCUT2D eigenvalue weighted by molar-refractivity contribution is 5.83. The van der Waals surface area contributed by atoms with Crippen LogP contribution >= 0.6 is 0 Å². The van der Waals surface area contributed by atoms with Crippen LogP contribution in [0.15, 0.2) is 220 Å². The number of hydrogen-bond donors (Lipinski definition) is 0. The fourth-order valence-electron chi connectivity index (χ4n) is 13.1. The fourth-order valence-corrected chi connectivity index (χ4v) is 13.1. The summed E-state index contributed by atoms with van der Waals surface area (Å²) < 4.78 is 6.61. The molecular formula is C77H72O. The molecule has 0 saturated heterocycles. The van der Waals surface area contributed by atoms with Crippen molar-refractivity contribution in [3.05, 3.63) is 315 Å². The molecule has 9 aromatic carbocycles. The Labute approximate surface area is 465 Å². The molecule has 78 heavy (non-hydrogen) atoms. The second kappa shape index (κ2) is 22.8. The summed E-state index contributed by atoms with van der Waals surface area (Å²) in [5.41, 5.74) is 27.4. The molecule has 0 N–H and O–H groups in total. The van der Waals surface area contributed by atoms with E-state index in [2.05, 4.69) is 234 Å². The number of fused-ring (bicyclic) bond motifs is 6. The van der Waals surface area contributed by atoms with Crippen molar-refractivity contribution >= 4 is 24.3 Å². The maximum atomic E-state index is 6.61. The third-order valence-corrected chi connectivity index (χ3v) is 17.2. The molecule has 0 atom stereocenters. The van der Waals surface area contributed by atoms with Crippen LogP contribution in [-0.4, -0.2) is 6.61 Å². The molecule has 0 bridgehead atoms. The quantitative estimate of drug-likeness (QED) is 0.0615. The van der Waals surface area contributed by atoms with Gasteiger partial charge in [0.2, 0.25) is 0 Å². The van der Waals surface area contributed by atoms with E-state index in [0.29, 0.717) is 6.61 Å². The van der Waals surface area contributed by atoms with Gasteiger partial charge in [-0.1, -0.05) is 239 Å². The van der Waals surface area contributed by atoms with Crippen molar-refractivity contribution in [1.82, 2.24) is 0 Å². The van der Waals surface area contributed by atoms with E-state index >= 15 is 0 Å². The molecule has 0 saturated carbocycles. The lowest BCUT2D eigenvalue weighted by Crippen LogP contribution is -2.31. The van der Waals surface area contributed by atoms with Crippen LogP contribution < -0.4 is 4.74 Å². The Morgan fingerprint density at radius 3 is 1.12 bits per heavy atom. The van der Waals surface area contributed by atoms with Crippen molar-refractivity contribution < 1.29 is 4.74 Å². The van der Waals surface area contributed by atoms with Crippen LogP contribution in [0.5, 0.6) is 5.75 Å². The summed E-state index contributed by atoms with van der Waals surface area (Å²) in [6.45, 7) is 21.2. The molecule has 386 valence electrons. The Balaban J connectivity index is 0.757. The lowest BCUT2D eigenvalue weighted by atomic mass is 9.69. The van der Waals surface area contributed by atoms with E-state index in [4.69, 9.17) is 4.74 Å². The molecular weight excluding hydrogens is 941 g/mol. The van der Waals surface area contributed by atoms with Crippen molar-refractivity contribution in [2.45, 2.75) is 88.9 Å². The van der Waals surface area contributed by atoms with Gasteiger partial charge in [0.15, 0.2) is 0 Å². The summed E-state index contributed by atoms with van der Waals surface area (Å²) in [5, 5.41) is 0. The van der Waals surface area contributed by atoms with Gasteiger partial charge < -0.3 is 4.74 Å². The monoisotopic (exact) mass is 1010 g/mol. The summed E-state index contributed by atoms with van der Waals surface area (Å²) in [6, 6.07) is 73.4. The largest absolute Gasteiger partial charge is 0.493 e. The number of ether oxygens (including phenoxy) is 1. The topological polar surface area (TPSA) is 9.23 Å². The molecule has 0 fully saturated rings. The minimum Gasteiger partial charge on any atom is -0.493 e. The minimum atomic E-state index is -0.221. The number of benzene rings is 9. The molecule has 0 unspecified atom stereocenters. The van der Waals surface area contributed by atoms with Gasteiger partial charge in [-0.2, -0.15) is 0 Å². The first-order valence-electron chi connectivity index (χ1n) is 28.2. The molecule has 0 amide bonds. The molecule has 1 heteroatoms. The van der Waals surface area contributed by atoms with E-state index in [9.17, 15) is 0 Å². The van der Waals surface area contributed by atoms with E-state index in [1.807, 2.05) is 24.3 Å². The van der Waals surface area contributed by atoms with Gasteiger partial charge >= 0.3 is 0 Å². The van der Waals surface area contributed by atoms with Crippen LogP contribution in [0.25, 0.3) is 46.6 Å². The highest BCUT2D eigenvalue weighted by Crippen LogP contribution is 2.54. The van der Waals surface area contributed by atoms with Crippen LogP contribution in [0.3, 0.4) is 0 Å². The third kappa shape index (κ3) is 10.5. The zero-order chi connectivity index (χ0) is 53.6. The van der Waals surface area contributed by atoms with Crippen molar-refractivity contribution in [2.75, 3.05) is 6.61 Å². The minimum absolute atomic E-state index is 0.201. The van der Waals surface area contributed by atoms with E-state index in [-0.39, 0.29) is 10.8 Å². The molecule has 0 radical (unpaired) electrons. The van der Waals surface area contributed by atoms with E-state index in [1.165, 1.54) is 94.6 Å². The average Bonchev–Trinajstić information content (AvgIpc) is 4.06. The number of unbranched alkanes of at least 4 members (excludes halogenated alkanes) is 1. The molecule has 9 aromatic rings. The lowest BCUT2D eigenvalue weighted by molar-refractivity contribution is 0.308. The Morgan fingerprint density at radius 2 is 0.705 bits per heavy atom. The van der Waals surface area contributed by atoms with Crippen LogP contribution in [-0.2, 0) is 55.8 Å². The highest BCUT2D eigenvalue weighted by Gasteiger charge is 2.45. The van der Waals surface area contributed by atoms with Gasteiger partial charge in [0.25, 0.3) is 0 Å². The predicted octanol–water partition coefficient (Wildman–Crippen LogP) is 19.0. The number of rotatable bonds is 22. The summed E-state index contributed by atoms with van der Waals surface area (Å²) in [5.74, 6) is 1.00. The maximum Gasteiger partial charge on any atom is 0.122 e. The molecule has 0 heterocycles. The second-order valence-corrected chi connectivity index (χ2v) is 22.2. The molecule has 11 rings (SSSR count). The second-order valence-electron chi connectivity index (χ2n) is 22.2. The van der Waals surface area contributed by atoms with E-state index in [1.54, 1.807) is 0 Å². The van der Waals surface area contributed by atoms with Gasteiger partial charge in [0.05, 0.1) is 6.61 Å². The van der Waals surface area contributed by atoms with Crippen molar-refractivity contribution in [1.29, 1.82) is 0 Å². The van der Waals surface area contributed by atoms with E-state index in [0.717, 1.165) is 92.2 Å². The Bertz CT molecular complexity index is 3290. The van der Waals surface area contributed by atoms with Gasteiger partial charge in [0.1, 0.15) is 5.75 Å². The van der Waals surface area contributed by atoms with Gasteiger partial charge in [0, 0.05) is 10.8 Å². The zero-order valence-corrected chi connectivity index (χ0v) is 45.8. The standard InChI is InChI=1S/C77H72O/c1-7-56-25-33-62(34-26-56)50-76(51-63-35-27-57(8-2)28-36-63)71-23-15-13-21-67(71)69-43-41-60(48-73(69)76)18-11-12-20-66-46-55(6)75(47-54(66)5)78-45-17-19-61-42-44-70-68-22-14-16-24-72(68)77(74(70)49-61,52-64-37-29-58(9-3)30-38-64)53-65-39-31-59(10-4)32-40-65/h7-10,13-16,21-44,46-49H,1-4,11-12,17-20,45,50-53H2,5-6H3. The lowest BCUT2D eigenvalue weighted by Gasteiger charge is -2.33. The molecule has 0 aromatic heterocycles. The Kier molecular flexibility index (Phi) is 15.1. The van der Waals surface area contributed by atoms with Gasteiger partial charge in [-0.25, -0.2) is 0 Å². The number of aryl methyl sites for hydroxylation is 5. The highest BCUT2D eigenvalue weighted by atomic mass is 16.5. The van der Waals surface area contributed by atoms with Crippen LogP contribution in [0, 0.1) is 13.8 Å². The number of hydrogen-bond acceptors (Lipinski definition) is 1. The van der Waals surface area contributed by atoms with Gasteiger partial charge in [-0.3, -0.25) is 0 Å². The van der Waals surface area contributed by atoms with Gasteiger partial charge in [-0.15, -0.1) is 0 Å². The molecule has 0 aliphatic heterocycles. The summed E-state index contributed by atoms with van der Waals surface area (Å²) in [6.07, 6.45) is 17.6. The van der Waals surface area contributed by atoms with Gasteiger partial charge in [-0.05, 0) is 201 Å². The fraction of sp³-hybridized carbons (Fsp3) is 0.195. The van der Waals surface area contributed by atoms with Crippen molar-refractivity contribution in [3.8, 4) is 28.0 Å². The van der Waals surface area contributed by atoms with Crippen LogP contribution in [0.2, 0.25) is 0 Å². The summed E-state index contributed by atoms with van der Waals surface area (Å²) >= 11 is 0. The Morgan fingerprint density at radius 1 is 0.346 bits per heavy atom. The first kappa shape index (κ1) is 51.8. The van der Waals surface area contributed by atoms with Crippen LogP contribution in [0.1, 0.15) is 114 Å². The third-order valence-electron chi connectivity index (χ3n) is 17.2. The Hall–Kier alpha value is -8.26. The summed E-state index contributed by atoms with van der Waals surface area (Å²) in [7, 11) is 0. The van der Waals surface area contributed by atoms with E-state index < -0.39 is 0 Å². The SMILES string of the molecule is C=Cc1ccc(CC2(Cc3ccc(C=C)cc3)c3ccccc3-c3ccc(CCCCc4cc(C)c(OCCCc5ccc6c(c5)C(Cc5ccc(C=C)cc5)(Cc5ccc(C=C)cc5)c5ccccc5-6)cc4C)cc32)cc1. The normalized spacial score (nSPS) is 13.2. The molecule has 1 nitrogen and oxygen atoms in total. The zero-order valence-electron chi connectivity index (χ0n) is 45.8. The smallest absolute Gasteiger partial charge is 0.122 e.